The van der Waals surface area contributed by atoms with E-state index in [1.807, 2.05) is 12.1 Å². The van der Waals surface area contributed by atoms with Gasteiger partial charge in [-0.3, -0.25) is 4.90 Å². The van der Waals surface area contributed by atoms with Crippen molar-refractivity contribution in [2.75, 3.05) is 18.9 Å². The summed E-state index contributed by atoms with van der Waals surface area (Å²) in [6, 6.07) is 9.39. The van der Waals surface area contributed by atoms with Gasteiger partial charge in [-0.2, -0.15) is 0 Å². The number of hydrogen-bond donors (Lipinski definition) is 1. The molecular formula is C16H24N2O. The first-order valence-electron chi connectivity index (χ1n) is 7.48. The molecule has 0 amide bonds. The Labute approximate surface area is 115 Å². The maximum absolute atomic E-state index is 5.96. The third-order valence-corrected chi connectivity index (χ3v) is 4.69. The zero-order valence-electron chi connectivity index (χ0n) is 11.7. The van der Waals surface area contributed by atoms with Crippen LogP contribution >= 0.6 is 0 Å². The van der Waals surface area contributed by atoms with Crippen LogP contribution < -0.4 is 5.73 Å². The number of rotatable bonds is 2. The van der Waals surface area contributed by atoms with E-state index < -0.39 is 0 Å². The Morgan fingerprint density at radius 2 is 1.95 bits per heavy atom. The van der Waals surface area contributed by atoms with Crippen LogP contribution in [0.25, 0.3) is 0 Å². The van der Waals surface area contributed by atoms with E-state index in [4.69, 9.17) is 10.5 Å². The Morgan fingerprint density at radius 3 is 2.74 bits per heavy atom. The molecule has 1 heterocycles. The molecule has 3 unspecified atom stereocenters. The number of benzene rings is 1. The Hall–Kier alpha value is -1.06. The average molecular weight is 260 g/mol. The molecule has 1 aliphatic heterocycles. The molecule has 104 valence electrons. The second kappa shape index (κ2) is 5.51. The molecule has 1 aromatic carbocycles. The monoisotopic (exact) mass is 260 g/mol. The van der Waals surface area contributed by atoms with Crippen LogP contribution in [-0.4, -0.2) is 30.2 Å². The van der Waals surface area contributed by atoms with Crippen molar-refractivity contribution in [2.24, 2.45) is 0 Å². The summed E-state index contributed by atoms with van der Waals surface area (Å²) in [4.78, 5) is 2.64. The van der Waals surface area contributed by atoms with Crippen molar-refractivity contribution >= 4 is 5.69 Å². The summed E-state index contributed by atoms with van der Waals surface area (Å²) in [5.41, 5.74) is 7.98. The van der Waals surface area contributed by atoms with Gasteiger partial charge >= 0.3 is 0 Å². The molecule has 0 bridgehead atoms. The molecule has 2 fully saturated rings. The van der Waals surface area contributed by atoms with Crippen LogP contribution in [-0.2, 0) is 4.74 Å². The third-order valence-electron chi connectivity index (χ3n) is 4.69. The largest absolute Gasteiger partial charge is 0.399 e. The van der Waals surface area contributed by atoms with Crippen molar-refractivity contribution in [1.29, 1.82) is 0 Å². The van der Waals surface area contributed by atoms with Gasteiger partial charge in [0.25, 0.3) is 0 Å². The summed E-state index contributed by atoms with van der Waals surface area (Å²) >= 11 is 0. The molecule has 3 nitrogen and oxygen atoms in total. The molecule has 1 saturated heterocycles. The molecule has 3 heteroatoms. The summed E-state index contributed by atoms with van der Waals surface area (Å²) in [6.07, 6.45) is 5.64. The van der Waals surface area contributed by atoms with E-state index in [1.54, 1.807) is 0 Å². The summed E-state index contributed by atoms with van der Waals surface area (Å²) < 4.78 is 5.96. The molecular weight excluding hydrogens is 236 g/mol. The average Bonchev–Trinajstić information content (AvgIpc) is 2.47. The predicted molar refractivity (Wildman–Crippen MR) is 78.0 cm³/mol. The number of anilines is 1. The smallest absolute Gasteiger partial charge is 0.0731 e. The first-order valence-corrected chi connectivity index (χ1v) is 7.48. The summed E-state index contributed by atoms with van der Waals surface area (Å²) in [7, 11) is 0. The predicted octanol–water partition coefficient (Wildman–Crippen LogP) is 2.97. The summed E-state index contributed by atoms with van der Waals surface area (Å²) in [6.45, 7) is 4.23. The fraction of sp³-hybridized carbons (Fsp3) is 0.625. The number of morpholine rings is 1. The molecule has 0 aromatic heterocycles. The molecule has 0 radical (unpaired) electrons. The second-order valence-corrected chi connectivity index (χ2v) is 5.84. The van der Waals surface area contributed by atoms with Gasteiger partial charge in [0.05, 0.1) is 12.7 Å². The van der Waals surface area contributed by atoms with Crippen LogP contribution in [0.4, 0.5) is 5.69 Å². The van der Waals surface area contributed by atoms with E-state index in [0.717, 1.165) is 18.8 Å². The number of ether oxygens (including phenoxy) is 1. The van der Waals surface area contributed by atoms with Crippen LogP contribution in [0.3, 0.4) is 0 Å². The van der Waals surface area contributed by atoms with Crippen molar-refractivity contribution in [3.05, 3.63) is 29.8 Å². The first kappa shape index (κ1) is 12.9. The Balaban J connectivity index is 1.77. The van der Waals surface area contributed by atoms with Crippen molar-refractivity contribution in [1.82, 2.24) is 4.90 Å². The van der Waals surface area contributed by atoms with Gasteiger partial charge in [0.15, 0.2) is 0 Å². The highest BCUT2D eigenvalue weighted by atomic mass is 16.5. The lowest BCUT2D eigenvalue weighted by atomic mass is 9.88. The molecule has 3 atom stereocenters. The quantitative estimate of drug-likeness (QED) is 0.831. The molecule has 1 aromatic rings. The van der Waals surface area contributed by atoms with Crippen LogP contribution in [0.15, 0.2) is 24.3 Å². The second-order valence-electron chi connectivity index (χ2n) is 5.84. The van der Waals surface area contributed by atoms with Crippen molar-refractivity contribution in [3.63, 3.8) is 0 Å². The molecule has 1 aliphatic carbocycles. The molecule has 2 aliphatic rings. The lowest BCUT2D eigenvalue weighted by molar-refractivity contribution is -0.101. The normalized spacial score (nSPS) is 29.7. The van der Waals surface area contributed by atoms with Gasteiger partial charge in [0.1, 0.15) is 0 Å². The van der Waals surface area contributed by atoms with Gasteiger partial charge < -0.3 is 10.5 Å². The molecule has 2 N–H and O–H groups in total. The van der Waals surface area contributed by atoms with Crippen LogP contribution in [0.1, 0.15) is 44.2 Å². The zero-order chi connectivity index (χ0) is 13.2. The summed E-state index contributed by atoms with van der Waals surface area (Å²) in [5.74, 6) is 0. The van der Waals surface area contributed by atoms with E-state index in [2.05, 4.69) is 24.0 Å². The highest BCUT2D eigenvalue weighted by Crippen LogP contribution is 2.34. The minimum atomic E-state index is 0.454. The zero-order valence-corrected chi connectivity index (χ0v) is 11.7. The van der Waals surface area contributed by atoms with Crippen molar-refractivity contribution < 1.29 is 4.74 Å². The van der Waals surface area contributed by atoms with Gasteiger partial charge in [-0.1, -0.05) is 25.0 Å². The van der Waals surface area contributed by atoms with Crippen molar-refractivity contribution in [3.8, 4) is 0 Å². The maximum Gasteiger partial charge on any atom is 0.0731 e. The molecule has 1 saturated carbocycles. The van der Waals surface area contributed by atoms with Gasteiger partial charge in [-0.25, -0.2) is 0 Å². The minimum Gasteiger partial charge on any atom is -0.399 e. The number of hydrogen-bond acceptors (Lipinski definition) is 3. The van der Waals surface area contributed by atoms with E-state index in [9.17, 15) is 0 Å². The van der Waals surface area contributed by atoms with Crippen molar-refractivity contribution in [2.45, 2.75) is 50.8 Å². The topological polar surface area (TPSA) is 38.5 Å². The summed E-state index contributed by atoms with van der Waals surface area (Å²) in [5, 5.41) is 0. The van der Waals surface area contributed by atoms with E-state index in [0.29, 0.717) is 18.2 Å². The van der Waals surface area contributed by atoms with Gasteiger partial charge in [-0.05, 0) is 37.5 Å². The third kappa shape index (κ3) is 2.63. The number of nitrogen functional groups attached to an aromatic ring is 1. The van der Waals surface area contributed by atoms with Gasteiger partial charge in [0, 0.05) is 24.3 Å². The van der Waals surface area contributed by atoms with Crippen LogP contribution in [0.2, 0.25) is 0 Å². The Morgan fingerprint density at radius 1 is 1.21 bits per heavy atom. The fourth-order valence-corrected chi connectivity index (χ4v) is 3.57. The maximum atomic E-state index is 5.96. The van der Waals surface area contributed by atoms with E-state index in [1.165, 1.54) is 31.2 Å². The molecule has 3 rings (SSSR count). The van der Waals surface area contributed by atoms with E-state index in [-0.39, 0.29) is 0 Å². The lowest BCUT2D eigenvalue weighted by Gasteiger charge is -2.46. The highest BCUT2D eigenvalue weighted by molar-refractivity contribution is 5.40. The highest BCUT2D eigenvalue weighted by Gasteiger charge is 2.36. The fourth-order valence-electron chi connectivity index (χ4n) is 3.57. The van der Waals surface area contributed by atoms with Crippen LogP contribution in [0.5, 0.6) is 0 Å². The Kier molecular flexibility index (Phi) is 3.76. The van der Waals surface area contributed by atoms with Gasteiger partial charge in [0.2, 0.25) is 0 Å². The molecule has 19 heavy (non-hydrogen) atoms. The first-order chi connectivity index (χ1) is 9.25. The number of nitrogens with two attached hydrogens (primary N) is 1. The molecule has 0 spiro atoms. The van der Waals surface area contributed by atoms with Crippen LogP contribution in [0, 0.1) is 0 Å². The number of fused-ring (bicyclic) bond motifs is 1. The Bertz CT molecular complexity index is 415. The van der Waals surface area contributed by atoms with E-state index >= 15 is 0 Å². The minimum absolute atomic E-state index is 0.454. The van der Waals surface area contributed by atoms with Gasteiger partial charge in [-0.15, -0.1) is 0 Å². The number of nitrogens with zero attached hydrogens (tertiary/aromatic N) is 1. The standard InChI is InChI=1S/C16H24N2O/c1-12(13-6-8-14(17)9-7-13)18-10-11-19-16-5-3-2-4-15(16)18/h6-9,12,15-16H,2-5,10-11,17H2,1H3. The lowest BCUT2D eigenvalue weighted by Crippen LogP contribution is -2.53. The SMILES string of the molecule is CC(c1ccc(N)cc1)N1CCOC2CCCCC21.